The number of nitrogens with one attached hydrogen (secondary N) is 1. The van der Waals surface area contributed by atoms with Gasteiger partial charge in [0, 0.05) is 7.05 Å². The smallest absolute Gasteiger partial charge is 0.236 e. The lowest BCUT2D eigenvalue weighted by Gasteiger charge is -2.10. The van der Waals surface area contributed by atoms with Crippen LogP contribution in [0.1, 0.15) is 19.4 Å². The zero-order chi connectivity index (χ0) is 11.6. The van der Waals surface area contributed by atoms with Gasteiger partial charge in [0.05, 0.1) is 11.4 Å². The van der Waals surface area contributed by atoms with Crippen molar-refractivity contribution < 1.29 is 8.42 Å². The number of hydrogen-bond donors (Lipinski definition) is 1. The lowest BCUT2D eigenvalue weighted by atomic mass is 10.4. The van der Waals surface area contributed by atoms with Crippen molar-refractivity contribution in [2.75, 3.05) is 4.72 Å². The van der Waals surface area contributed by atoms with Crippen LogP contribution in [0.3, 0.4) is 0 Å². The topological polar surface area (TPSA) is 87.8 Å². The number of aromatic nitrogens is 2. The molecule has 0 aliphatic rings. The van der Waals surface area contributed by atoms with Gasteiger partial charge in [-0.15, -0.1) is 0 Å². The van der Waals surface area contributed by atoms with Gasteiger partial charge in [0.1, 0.15) is 11.6 Å². The van der Waals surface area contributed by atoms with Crippen LogP contribution in [0.15, 0.2) is 6.20 Å². The molecule has 1 aromatic heterocycles. The van der Waals surface area contributed by atoms with Crippen molar-refractivity contribution in [2.45, 2.75) is 19.1 Å². The summed E-state index contributed by atoms with van der Waals surface area (Å²) in [6, 6.07) is 1.87. The molecule has 0 aliphatic carbocycles. The Balaban J connectivity index is 3.11. The average molecular weight is 228 g/mol. The summed E-state index contributed by atoms with van der Waals surface area (Å²) in [6.45, 7) is 3.12. The SMILES string of the molecule is CC(C)S(=O)(=O)Nc1c(C#N)cnn1C. The van der Waals surface area contributed by atoms with Gasteiger partial charge in [0.25, 0.3) is 0 Å². The summed E-state index contributed by atoms with van der Waals surface area (Å²) in [5.74, 6) is 0.200. The molecule has 15 heavy (non-hydrogen) atoms. The molecular formula is C8H12N4O2S. The van der Waals surface area contributed by atoms with E-state index in [2.05, 4.69) is 9.82 Å². The van der Waals surface area contributed by atoms with Crippen LogP contribution < -0.4 is 4.72 Å². The molecule has 0 aliphatic heterocycles. The zero-order valence-corrected chi connectivity index (χ0v) is 9.54. The molecule has 0 saturated heterocycles. The number of nitriles is 1. The highest BCUT2D eigenvalue weighted by Crippen LogP contribution is 2.15. The molecule has 0 unspecified atom stereocenters. The highest BCUT2D eigenvalue weighted by Gasteiger charge is 2.19. The highest BCUT2D eigenvalue weighted by atomic mass is 32.2. The maximum atomic E-state index is 11.6. The number of anilines is 1. The van der Waals surface area contributed by atoms with Crippen molar-refractivity contribution >= 4 is 15.8 Å². The van der Waals surface area contributed by atoms with E-state index >= 15 is 0 Å². The Hall–Kier alpha value is -1.55. The minimum absolute atomic E-state index is 0.200. The van der Waals surface area contributed by atoms with Gasteiger partial charge < -0.3 is 0 Å². The standard InChI is InChI=1S/C8H12N4O2S/c1-6(2)15(13,14)11-8-7(4-9)5-10-12(8)3/h5-6,11H,1-3H3. The molecule has 1 aromatic rings. The molecule has 0 amide bonds. The zero-order valence-electron chi connectivity index (χ0n) is 8.72. The maximum Gasteiger partial charge on any atom is 0.236 e. The quantitative estimate of drug-likeness (QED) is 0.813. The maximum absolute atomic E-state index is 11.6. The molecular weight excluding hydrogens is 216 g/mol. The van der Waals surface area contributed by atoms with Gasteiger partial charge in [-0.25, -0.2) is 8.42 Å². The van der Waals surface area contributed by atoms with Crippen LogP contribution in [0.25, 0.3) is 0 Å². The monoisotopic (exact) mass is 228 g/mol. The van der Waals surface area contributed by atoms with Crippen LogP contribution in [0.5, 0.6) is 0 Å². The van der Waals surface area contributed by atoms with E-state index in [0.29, 0.717) is 0 Å². The predicted molar refractivity (Wildman–Crippen MR) is 55.6 cm³/mol. The summed E-state index contributed by atoms with van der Waals surface area (Å²) in [5.41, 5.74) is 0.210. The van der Waals surface area contributed by atoms with Crippen molar-refractivity contribution in [1.29, 1.82) is 5.26 Å². The van der Waals surface area contributed by atoms with Gasteiger partial charge >= 0.3 is 0 Å². The van der Waals surface area contributed by atoms with Crippen LogP contribution in [-0.2, 0) is 17.1 Å². The van der Waals surface area contributed by atoms with Crippen LogP contribution in [0, 0.1) is 11.3 Å². The van der Waals surface area contributed by atoms with Crippen molar-refractivity contribution in [2.24, 2.45) is 7.05 Å². The summed E-state index contributed by atoms with van der Waals surface area (Å²) in [5, 5.41) is 12.0. The van der Waals surface area contributed by atoms with Crippen LogP contribution in [-0.4, -0.2) is 23.4 Å². The predicted octanol–water partition coefficient (Wildman–Crippen LogP) is 0.442. The van der Waals surface area contributed by atoms with E-state index in [1.807, 2.05) is 6.07 Å². The third-order valence-electron chi connectivity index (χ3n) is 1.92. The fourth-order valence-corrected chi connectivity index (χ4v) is 1.64. The van der Waals surface area contributed by atoms with E-state index in [4.69, 9.17) is 5.26 Å². The minimum Gasteiger partial charge on any atom is -0.266 e. The first-order chi connectivity index (χ1) is 6.88. The second-order valence-corrected chi connectivity index (χ2v) is 5.58. The Morgan fingerprint density at radius 1 is 1.60 bits per heavy atom. The molecule has 82 valence electrons. The Labute approximate surface area is 88.6 Å². The Morgan fingerprint density at radius 3 is 2.67 bits per heavy atom. The summed E-state index contributed by atoms with van der Waals surface area (Å²) >= 11 is 0. The van der Waals surface area contributed by atoms with Crippen molar-refractivity contribution in [3.05, 3.63) is 11.8 Å². The van der Waals surface area contributed by atoms with E-state index in [1.54, 1.807) is 20.9 Å². The fraction of sp³-hybridized carbons (Fsp3) is 0.500. The molecule has 0 aromatic carbocycles. The molecule has 1 heterocycles. The Kier molecular flexibility index (Phi) is 3.00. The normalized spacial score (nSPS) is 11.4. The molecule has 0 bridgehead atoms. The van der Waals surface area contributed by atoms with Gasteiger partial charge in [-0.05, 0) is 13.8 Å². The van der Waals surface area contributed by atoms with E-state index in [9.17, 15) is 8.42 Å². The van der Waals surface area contributed by atoms with Crippen LogP contribution in [0.4, 0.5) is 5.82 Å². The molecule has 1 rings (SSSR count). The number of nitrogens with zero attached hydrogens (tertiary/aromatic N) is 3. The van der Waals surface area contributed by atoms with E-state index < -0.39 is 15.3 Å². The van der Waals surface area contributed by atoms with Gasteiger partial charge in [0.2, 0.25) is 10.0 Å². The Morgan fingerprint density at radius 2 is 2.20 bits per heavy atom. The number of sulfonamides is 1. The molecule has 6 nitrogen and oxygen atoms in total. The van der Waals surface area contributed by atoms with Gasteiger partial charge in [-0.2, -0.15) is 10.4 Å². The van der Waals surface area contributed by atoms with Crippen molar-refractivity contribution in [3.63, 3.8) is 0 Å². The number of hydrogen-bond acceptors (Lipinski definition) is 4. The van der Waals surface area contributed by atoms with Gasteiger partial charge in [-0.3, -0.25) is 9.40 Å². The molecule has 0 spiro atoms. The fourth-order valence-electron chi connectivity index (χ4n) is 0.893. The Bertz CT molecular complexity index is 495. The molecule has 0 fully saturated rings. The highest BCUT2D eigenvalue weighted by molar-refractivity contribution is 7.93. The summed E-state index contributed by atoms with van der Waals surface area (Å²) in [4.78, 5) is 0. The molecule has 7 heteroatoms. The first-order valence-corrected chi connectivity index (χ1v) is 5.87. The second kappa shape index (κ2) is 3.90. The molecule has 0 saturated carbocycles. The van der Waals surface area contributed by atoms with Crippen LogP contribution in [0.2, 0.25) is 0 Å². The average Bonchev–Trinajstić information content (AvgIpc) is 2.47. The third kappa shape index (κ3) is 2.27. The second-order valence-electron chi connectivity index (χ2n) is 3.34. The lowest BCUT2D eigenvalue weighted by Crippen LogP contribution is -2.24. The lowest BCUT2D eigenvalue weighted by molar-refractivity contribution is 0.592. The largest absolute Gasteiger partial charge is 0.266 e. The molecule has 0 radical (unpaired) electrons. The summed E-state index contributed by atoms with van der Waals surface area (Å²) in [7, 11) is -1.87. The minimum atomic E-state index is -3.44. The van der Waals surface area contributed by atoms with Crippen LogP contribution >= 0.6 is 0 Å². The summed E-state index contributed by atoms with van der Waals surface area (Å²) in [6.07, 6.45) is 1.32. The van der Waals surface area contributed by atoms with E-state index in [-0.39, 0.29) is 11.4 Å². The molecule has 0 atom stereocenters. The van der Waals surface area contributed by atoms with Crippen molar-refractivity contribution in [3.8, 4) is 6.07 Å². The van der Waals surface area contributed by atoms with Crippen molar-refractivity contribution in [1.82, 2.24) is 9.78 Å². The van der Waals surface area contributed by atoms with Gasteiger partial charge in [-0.1, -0.05) is 0 Å². The van der Waals surface area contributed by atoms with E-state index in [1.165, 1.54) is 10.9 Å². The first-order valence-electron chi connectivity index (χ1n) is 4.32. The molecule has 1 N–H and O–H groups in total. The third-order valence-corrected chi connectivity index (χ3v) is 3.64. The number of aryl methyl sites for hydroxylation is 1. The number of rotatable bonds is 3. The van der Waals surface area contributed by atoms with E-state index in [0.717, 1.165) is 0 Å². The van der Waals surface area contributed by atoms with Gasteiger partial charge in [0.15, 0.2) is 5.82 Å². The summed E-state index contributed by atoms with van der Waals surface area (Å²) < 4.78 is 26.8. The first kappa shape index (κ1) is 11.5.